The molecule has 0 saturated heterocycles. The molecule has 0 bridgehead atoms. The lowest BCUT2D eigenvalue weighted by atomic mass is 10.2. The number of ether oxygens (including phenoxy) is 1. The smallest absolute Gasteiger partial charge is 0.124 e. The summed E-state index contributed by atoms with van der Waals surface area (Å²) in [5.41, 5.74) is 1.18. The Morgan fingerprint density at radius 2 is 2.00 bits per heavy atom. The van der Waals surface area contributed by atoms with E-state index in [-0.39, 0.29) is 0 Å². The first-order chi connectivity index (χ1) is 10.0. The molecule has 0 atom stereocenters. The molecule has 1 heterocycles. The number of rotatable bonds is 7. The van der Waals surface area contributed by atoms with E-state index in [4.69, 9.17) is 4.74 Å². The number of benzene rings is 1. The lowest BCUT2D eigenvalue weighted by Gasteiger charge is -2.13. The van der Waals surface area contributed by atoms with Crippen LogP contribution in [-0.4, -0.2) is 6.54 Å². The van der Waals surface area contributed by atoms with E-state index in [0.29, 0.717) is 12.5 Å². The summed E-state index contributed by atoms with van der Waals surface area (Å²) < 4.78 is 8.19. The van der Waals surface area contributed by atoms with E-state index in [0.717, 1.165) is 27.1 Å². The standard InChI is InChI=1S/C16H19Br2NOS/c1-11(2)8-19-9-12-7-13(17)3-5-15(12)20-10-14-4-6-16(18)21-14/h3-7,11,19H,8-10H2,1-2H3. The van der Waals surface area contributed by atoms with Crippen molar-refractivity contribution in [1.29, 1.82) is 0 Å². The van der Waals surface area contributed by atoms with Gasteiger partial charge in [-0.2, -0.15) is 0 Å². The first-order valence-corrected chi connectivity index (χ1v) is 9.31. The highest BCUT2D eigenvalue weighted by molar-refractivity contribution is 9.11. The van der Waals surface area contributed by atoms with E-state index in [1.165, 1.54) is 10.4 Å². The van der Waals surface area contributed by atoms with Crippen molar-refractivity contribution < 1.29 is 4.74 Å². The van der Waals surface area contributed by atoms with Crippen molar-refractivity contribution in [2.45, 2.75) is 27.0 Å². The maximum absolute atomic E-state index is 5.98. The van der Waals surface area contributed by atoms with Gasteiger partial charge in [-0.15, -0.1) is 11.3 Å². The van der Waals surface area contributed by atoms with Crippen molar-refractivity contribution in [3.05, 3.63) is 49.0 Å². The first-order valence-electron chi connectivity index (χ1n) is 6.90. The van der Waals surface area contributed by atoms with Crippen LogP contribution < -0.4 is 10.1 Å². The van der Waals surface area contributed by atoms with Crippen molar-refractivity contribution in [2.75, 3.05) is 6.54 Å². The fourth-order valence-corrected chi connectivity index (χ4v) is 3.71. The Labute approximate surface area is 147 Å². The van der Waals surface area contributed by atoms with Gasteiger partial charge < -0.3 is 10.1 Å². The third-order valence-corrected chi connectivity index (χ3v) is 4.98. The van der Waals surface area contributed by atoms with Crippen molar-refractivity contribution in [3.8, 4) is 5.75 Å². The maximum atomic E-state index is 5.98. The first kappa shape index (κ1) is 17.0. The summed E-state index contributed by atoms with van der Waals surface area (Å²) in [6.07, 6.45) is 0. The van der Waals surface area contributed by atoms with Gasteiger partial charge in [0.2, 0.25) is 0 Å². The molecular formula is C16H19Br2NOS. The topological polar surface area (TPSA) is 21.3 Å². The van der Waals surface area contributed by atoms with Gasteiger partial charge in [-0.25, -0.2) is 0 Å². The fourth-order valence-electron chi connectivity index (χ4n) is 1.90. The van der Waals surface area contributed by atoms with Gasteiger partial charge in [0.1, 0.15) is 12.4 Å². The van der Waals surface area contributed by atoms with Crippen molar-refractivity contribution in [2.24, 2.45) is 5.92 Å². The lowest BCUT2D eigenvalue weighted by Crippen LogP contribution is -2.19. The van der Waals surface area contributed by atoms with Gasteiger partial charge in [0.15, 0.2) is 0 Å². The van der Waals surface area contributed by atoms with E-state index in [1.807, 2.05) is 12.1 Å². The fraction of sp³-hybridized carbons (Fsp3) is 0.375. The summed E-state index contributed by atoms with van der Waals surface area (Å²) in [6.45, 7) is 6.85. The highest BCUT2D eigenvalue weighted by Gasteiger charge is 2.06. The minimum atomic E-state index is 0.606. The minimum absolute atomic E-state index is 0.606. The second-order valence-corrected chi connectivity index (χ2v) is 8.73. The summed E-state index contributed by atoms with van der Waals surface area (Å²) in [6, 6.07) is 10.3. The molecule has 0 aliphatic heterocycles. The molecule has 1 aromatic heterocycles. The summed E-state index contributed by atoms with van der Waals surface area (Å²) in [5.74, 6) is 1.59. The van der Waals surface area contributed by atoms with Crippen LogP contribution in [0.1, 0.15) is 24.3 Å². The molecule has 114 valence electrons. The Kier molecular flexibility index (Phi) is 6.74. The molecule has 1 aromatic carbocycles. The van der Waals surface area contributed by atoms with Gasteiger partial charge in [0.05, 0.1) is 3.79 Å². The molecule has 2 rings (SSSR count). The average Bonchev–Trinajstić information content (AvgIpc) is 2.83. The quantitative estimate of drug-likeness (QED) is 0.614. The lowest BCUT2D eigenvalue weighted by molar-refractivity contribution is 0.305. The van der Waals surface area contributed by atoms with Gasteiger partial charge in [-0.05, 0) is 58.7 Å². The molecule has 0 amide bonds. The zero-order chi connectivity index (χ0) is 15.2. The molecule has 5 heteroatoms. The molecule has 21 heavy (non-hydrogen) atoms. The third kappa shape index (κ3) is 5.74. The van der Waals surface area contributed by atoms with E-state index < -0.39 is 0 Å². The van der Waals surface area contributed by atoms with E-state index >= 15 is 0 Å². The largest absolute Gasteiger partial charge is 0.488 e. The average molecular weight is 433 g/mol. The molecule has 0 radical (unpaired) electrons. The van der Waals surface area contributed by atoms with Crippen molar-refractivity contribution >= 4 is 43.2 Å². The van der Waals surface area contributed by atoms with Crippen LogP contribution in [0.5, 0.6) is 5.75 Å². The van der Waals surface area contributed by atoms with E-state index in [2.05, 4.69) is 69.2 Å². The Hall–Kier alpha value is -0.360. The minimum Gasteiger partial charge on any atom is -0.488 e. The predicted octanol–water partition coefficient (Wildman–Crippen LogP) is 5.60. The SMILES string of the molecule is CC(C)CNCc1cc(Br)ccc1OCc1ccc(Br)s1. The zero-order valence-corrected chi connectivity index (χ0v) is 16.1. The maximum Gasteiger partial charge on any atom is 0.124 e. The predicted molar refractivity (Wildman–Crippen MR) is 97.0 cm³/mol. The van der Waals surface area contributed by atoms with Crippen molar-refractivity contribution in [1.82, 2.24) is 5.32 Å². The Morgan fingerprint density at radius 3 is 2.67 bits per heavy atom. The van der Waals surface area contributed by atoms with Gasteiger partial charge >= 0.3 is 0 Å². The monoisotopic (exact) mass is 431 g/mol. The molecule has 0 fully saturated rings. The van der Waals surface area contributed by atoms with Crippen LogP contribution >= 0.6 is 43.2 Å². The van der Waals surface area contributed by atoms with Gasteiger partial charge in [0.25, 0.3) is 0 Å². The molecule has 2 nitrogen and oxygen atoms in total. The number of hydrogen-bond donors (Lipinski definition) is 1. The number of hydrogen-bond acceptors (Lipinski definition) is 3. The van der Waals surface area contributed by atoms with Crippen LogP contribution in [0.4, 0.5) is 0 Å². The van der Waals surface area contributed by atoms with Crippen LogP contribution in [0, 0.1) is 5.92 Å². The van der Waals surface area contributed by atoms with Gasteiger partial charge in [0, 0.05) is 21.5 Å². The zero-order valence-electron chi connectivity index (χ0n) is 12.2. The molecule has 0 aliphatic rings. The van der Waals surface area contributed by atoms with Crippen LogP contribution in [0.2, 0.25) is 0 Å². The van der Waals surface area contributed by atoms with Crippen LogP contribution in [0.25, 0.3) is 0 Å². The second kappa shape index (κ2) is 8.32. The molecule has 0 unspecified atom stereocenters. The third-order valence-electron chi connectivity index (χ3n) is 2.89. The highest BCUT2D eigenvalue weighted by atomic mass is 79.9. The van der Waals surface area contributed by atoms with Crippen LogP contribution in [0.15, 0.2) is 38.6 Å². The second-order valence-electron chi connectivity index (χ2n) is 5.27. The number of halogens is 2. The number of thiophene rings is 1. The van der Waals surface area contributed by atoms with E-state index in [1.54, 1.807) is 11.3 Å². The summed E-state index contributed by atoms with van der Waals surface area (Å²) in [4.78, 5) is 1.21. The molecule has 0 aliphatic carbocycles. The van der Waals surface area contributed by atoms with Crippen LogP contribution in [-0.2, 0) is 13.2 Å². The molecule has 0 saturated carbocycles. The molecular weight excluding hydrogens is 414 g/mol. The highest BCUT2D eigenvalue weighted by Crippen LogP contribution is 2.27. The van der Waals surface area contributed by atoms with Gasteiger partial charge in [-0.1, -0.05) is 29.8 Å². The summed E-state index contributed by atoms with van der Waals surface area (Å²) >= 11 is 8.71. The Bertz CT molecular complexity index is 583. The number of nitrogens with one attached hydrogen (secondary N) is 1. The van der Waals surface area contributed by atoms with Gasteiger partial charge in [-0.3, -0.25) is 0 Å². The molecule has 0 spiro atoms. The Morgan fingerprint density at radius 1 is 1.19 bits per heavy atom. The normalized spacial score (nSPS) is 11.1. The molecule has 2 aromatic rings. The summed E-state index contributed by atoms with van der Waals surface area (Å²) in [5, 5.41) is 3.47. The Balaban J connectivity index is 2.00. The van der Waals surface area contributed by atoms with Crippen LogP contribution in [0.3, 0.4) is 0 Å². The van der Waals surface area contributed by atoms with E-state index in [9.17, 15) is 0 Å². The molecule has 1 N–H and O–H groups in total. The van der Waals surface area contributed by atoms with Crippen molar-refractivity contribution in [3.63, 3.8) is 0 Å². The summed E-state index contributed by atoms with van der Waals surface area (Å²) in [7, 11) is 0.